The lowest BCUT2D eigenvalue weighted by Gasteiger charge is -2.33. The highest BCUT2D eigenvalue weighted by atomic mass is 35.5. The highest BCUT2D eigenvalue weighted by Crippen LogP contribution is 2.41. The zero-order chi connectivity index (χ0) is 22.2. The number of amides is 2. The molecule has 2 amide bonds. The minimum atomic E-state index is -0.699. The number of thiazole rings is 1. The van der Waals surface area contributed by atoms with E-state index in [2.05, 4.69) is 30.0 Å². The SMILES string of the molecule is Cc1nc2c(N3CCOCC3)c(N(C(N)=O)c3cnc(-n4nccn4)c(Cl)c3)cnc2s1. The molecule has 5 rings (SSSR count). The first kappa shape index (κ1) is 20.5. The Morgan fingerprint density at radius 1 is 1.22 bits per heavy atom. The number of fused-ring (bicyclic) bond motifs is 1. The molecule has 1 aliphatic heterocycles. The van der Waals surface area contributed by atoms with Gasteiger partial charge in [0.15, 0.2) is 5.82 Å². The van der Waals surface area contributed by atoms with Crippen LogP contribution >= 0.6 is 22.9 Å². The molecule has 32 heavy (non-hydrogen) atoms. The Morgan fingerprint density at radius 2 is 1.97 bits per heavy atom. The average molecular weight is 472 g/mol. The lowest BCUT2D eigenvalue weighted by molar-refractivity contribution is 0.123. The van der Waals surface area contributed by atoms with Crippen molar-refractivity contribution in [2.75, 3.05) is 36.1 Å². The van der Waals surface area contributed by atoms with Crippen molar-refractivity contribution in [3.05, 3.63) is 40.9 Å². The van der Waals surface area contributed by atoms with E-state index in [1.165, 1.54) is 39.6 Å². The standard InChI is InChI=1S/C19H18ClN9O2S/c1-11-26-15-16(27-4-6-31-7-5-27)14(10-23-18(15)32-11)28(19(21)30)12-8-13(20)17(22-9-12)29-24-2-3-25-29/h2-3,8-10H,4-7H2,1H3,(H2,21,30). The van der Waals surface area contributed by atoms with Gasteiger partial charge in [-0.25, -0.2) is 19.7 Å². The van der Waals surface area contributed by atoms with Gasteiger partial charge >= 0.3 is 6.03 Å². The second kappa shape index (κ2) is 8.30. The number of rotatable bonds is 4. The number of nitrogens with two attached hydrogens (primary N) is 1. The molecule has 0 radical (unpaired) electrons. The number of aryl methyl sites for hydroxylation is 1. The monoisotopic (exact) mass is 471 g/mol. The molecule has 1 saturated heterocycles. The Balaban J connectivity index is 1.66. The van der Waals surface area contributed by atoms with E-state index in [1.807, 2.05) is 6.92 Å². The number of urea groups is 1. The van der Waals surface area contributed by atoms with Gasteiger partial charge in [-0.1, -0.05) is 22.9 Å². The zero-order valence-corrected chi connectivity index (χ0v) is 18.5. The summed E-state index contributed by atoms with van der Waals surface area (Å²) in [5.74, 6) is 0.335. The van der Waals surface area contributed by atoms with Gasteiger partial charge in [-0.05, 0) is 13.0 Å². The highest BCUT2D eigenvalue weighted by Gasteiger charge is 2.28. The fraction of sp³-hybridized carbons (Fsp3) is 0.263. The van der Waals surface area contributed by atoms with E-state index < -0.39 is 6.03 Å². The molecule has 0 atom stereocenters. The molecule has 11 nitrogen and oxygen atoms in total. The maximum Gasteiger partial charge on any atom is 0.324 e. The number of aromatic nitrogens is 6. The van der Waals surface area contributed by atoms with E-state index in [9.17, 15) is 4.79 Å². The maximum atomic E-state index is 12.7. The van der Waals surface area contributed by atoms with Crippen molar-refractivity contribution < 1.29 is 9.53 Å². The lowest BCUT2D eigenvalue weighted by Crippen LogP contribution is -2.39. The molecule has 4 aromatic heterocycles. The molecule has 0 saturated carbocycles. The van der Waals surface area contributed by atoms with Crippen molar-refractivity contribution in [2.45, 2.75) is 6.92 Å². The number of anilines is 3. The number of hydrogen-bond donors (Lipinski definition) is 1. The lowest BCUT2D eigenvalue weighted by atomic mass is 10.2. The molecule has 0 bridgehead atoms. The second-order valence-corrected chi connectivity index (χ2v) is 8.56. The third-order valence-corrected chi connectivity index (χ3v) is 6.11. The van der Waals surface area contributed by atoms with E-state index in [1.54, 1.807) is 12.3 Å². The zero-order valence-electron chi connectivity index (χ0n) is 17.0. The van der Waals surface area contributed by atoms with Crippen LogP contribution in [0.15, 0.2) is 30.9 Å². The first-order chi connectivity index (χ1) is 15.5. The molecular weight excluding hydrogens is 454 g/mol. The van der Waals surface area contributed by atoms with Gasteiger partial charge in [0.25, 0.3) is 0 Å². The Bertz CT molecular complexity index is 1290. The summed E-state index contributed by atoms with van der Waals surface area (Å²) in [4.78, 5) is 31.8. The molecule has 0 aromatic carbocycles. The quantitative estimate of drug-likeness (QED) is 0.481. The molecule has 0 unspecified atom stereocenters. The fourth-order valence-corrected chi connectivity index (χ4v) is 4.62. The van der Waals surface area contributed by atoms with E-state index in [0.29, 0.717) is 43.5 Å². The van der Waals surface area contributed by atoms with Crippen LogP contribution < -0.4 is 15.5 Å². The molecule has 1 aliphatic rings. The number of morpholine rings is 1. The van der Waals surface area contributed by atoms with E-state index >= 15 is 0 Å². The van der Waals surface area contributed by atoms with Crippen molar-refractivity contribution in [3.8, 4) is 5.82 Å². The van der Waals surface area contributed by atoms with Gasteiger partial charge in [0.05, 0.1) is 65.1 Å². The number of ether oxygens (including phenoxy) is 1. The summed E-state index contributed by atoms with van der Waals surface area (Å²) in [6.45, 7) is 4.37. The van der Waals surface area contributed by atoms with Crippen molar-refractivity contribution in [3.63, 3.8) is 0 Å². The van der Waals surface area contributed by atoms with Gasteiger partial charge in [0.1, 0.15) is 10.3 Å². The van der Waals surface area contributed by atoms with Crippen LogP contribution in [-0.2, 0) is 4.74 Å². The third kappa shape index (κ3) is 3.61. The van der Waals surface area contributed by atoms with Crippen molar-refractivity contribution in [2.24, 2.45) is 5.73 Å². The number of nitrogens with zero attached hydrogens (tertiary/aromatic N) is 8. The molecule has 2 N–H and O–H groups in total. The summed E-state index contributed by atoms with van der Waals surface area (Å²) in [6.07, 6.45) is 6.17. The van der Waals surface area contributed by atoms with E-state index in [4.69, 9.17) is 22.1 Å². The molecule has 1 fully saturated rings. The van der Waals surface area contributed by atoms with Crippen LogP contribution in [-0.4, -0.2) is 62.3 Å². The second-order valence-electron chi connectivity index (χ2n) is 6.97. The minimum Gasteiger partial charge on any atom is -0.378 e. The van der Waals surface area contributed by atoms with Crippen LogP contribution in [0.2, 0.25) is 5.02 Å². The van der Waals surface area contributed by atoms with Gasteiger partial charge in [-0.3, -0.25) is 4.90 Å². The number of primary amides is 1. The van der Waals surface area contributed by atoms with Gasteiger partial charge in [0.2, 0.25) is 0 Å². The van der Waals surface area contributed by atoms with Crippen molar-refractivity contribution >= 4 is 56.4 Å². The Kier molecular flexibility index (Phi) is 5.33. The number of halogens is 1. The fourth-order valence-electron chi connectivity index (χ4n) is 3.62. The third-order valence-electron chi connectivity index (χ3n) is 4.95. The van der Waals surface area contributed by atoms with Crippen LogP contribution in [0, 0.1) is 6.92 Å². The van der Waals surface area contributed by atoms with Gasteiger partial charge in [-0.15, -0.1) is 4.80 Å². The summed E-state index contributed by atoms with van der Waals surface area (Å²) in [7, 11) is 0. The summed E-state index contributed by atoms with van der Waals surface area (Å²) in [6, 6.07) is 0.896. The Morgan fingerprint density at radius 3 is 2.66 bits per heavy atom. The number of pyridine rings is 2. The molecule has 0 aliphatic carbocycles. The molecule has 4 aromatic rings. The van der Waals surface area contributed by atoms with Crippen LogP contribution in [0.3, 0.4) is 0 Å². The smallest absolute Gasteiger partial charge is 0.324 e. The van der Waals surface area contributed by atoms with E-state index in [0.717, 1.165) is 21.0 Å². The summed E-state index contributed by atoms with van der Waals surface area (Å²) in [5, 5.41) is 9.23. The average Bonchev–Trinajstić information content (AvgIpc) is 3.43. The summed E-state index contributed by atoms with van der Waals surface area (Å²) >= 11 is 7.94. The molecule has 5 heterocycles. The van der Waals surface area contributed by atoms with Crippen molar-refractivity contribution in [1.29, 1.82) is 0 Å². The van der Waals surface area contributed by atoms with Crippen LogP contribution in [0.25, 0.3) is 16.2 Å². The maximum absolute atomic E-state index is 12.7. The van der Waals surface area contributed by atoms with Gasteiger partial charge in [-0.2, -0.15) is 10.2 Å². The van der Waals surface area contributed by atoms with Crippen molar-refractivity contribution in [1.82, 2.24) is 29.9 Å². The van der Waals surface area contributed by atoms with Gasteiger partial charge in [0, 0.05) is 13.1 Å². The molecule has 164 valence electrons. The topological polar surface area (TPSA) is 128 Å². The molecule has 13 heteroatoms. The van der Waals surface area contributed by atoms with Gasteiger partial charge < -0.3 is 15.4 Å². The number of carbonyl (C=O) groups is 1. The summed E-state index contributed by atoms with van der Waals surface area (Å²) < 4.78 is 5.51. The minimum absolute atomic E-state index is 0.261. The predicted octanol–water partition coefficient (Wildman–Crippen LogP) is 2.68. The van der Waals surface area contributed by atoms with Crippen LogP contribution in [0.4, 0.5) is 21.9 Å². The normalized spacial score (nSPS) is 14.1. The Hall–Kier alpha value is -3.35. The number of hydrogen-bond acceptors (Lipinski definition) is 9. The van der Waals surface area contributed by atoms with Crippen LogP contribution in [0.1, 0.15) is 5.01 Å². The highest BCUT2D eigenvalue weighted by molar-refractivity contribution is 7.18. The first-order valence-corrected chi connectivity index (χ1v) is 10.9. The largest absolute Gasteiger partial charge is 0.378 e. The number of carbonyl (C=O) groups excluding carboxylic acids is 1. The first-order valence-electron chi connectivity index (χ1n) is 9.73. The molecule has 0 spiro atoms. The van der Waals surface area contributed by atoms with E-state index in [-0.39, 0.29) is 5.02 Å². The molecular formula is C19H18ClN9O2S. The van der Waals surface area contributed by atoms with Crippen LogP contribution in [0.5, 0.6) is 0 Å². The summed E-state index contributed by atoms with van der Waals surface area (Å²) in [5.41, 5.74) is 8.21. The predicted molar refractivity (Wildman–Crippen MR) is 121 cm³/mol. The Labute approximate surface area is 191 Å².